The molecule has 0 spiro atoms. The Labute approximate surface area is 164 Å². The van der Waals surface area contributed by atoms with E-state index in [0.717, 1.165) is 0 Å². The first-order valence-electron chi connectivity index (χ1n) is 5.41. The van der Waals surface area contributed by atoms with Crippen molar-refractivity contribution in [2.75, 3.05) is 13.2 Å². The van der Waals surface area contributed by atoms with Crippen LogP contribution in [0.2, 0.25) is 0 Å². The molecule has 0 saturated carbocycles. The molecule has 0 fully saturated rings. The molecule has 140 valence electrons. The predicted molar refractivity (Wildman–Crippen MR) is 83.0 cm³/mol. The summed E-state index contributed by atoms with van der Waals surface area (Å²) in [7, 11) is 0. The second-order valence-electron chi connectivity index (χ2n) is 3.83. The first kappa shape index (κ1) is 24.0. The van der Waals surface area contributed by atoms with Gasteiger partial charge in [0.15, 0.2) is 0 Å². The third kappa shape index (κ3) is 7.94. The first-order valence-corrected chi connectivity index (χ1v) is 7.68. The zero-order valence-electron chi connectivity index (χ0n) is 11.1. The molecule has 0 aromatic rings. The number of hydrogen-bond donors (Lipinski definition) is 3. The lowest BCUT2D eigenvalue weighted by Gasteiger charge is -2.27. The van der Waals surface area contributed by atoms with Crippen molar-refractivity contribution in [1.82, 2.24) is 0 Å². The molecule has 0 aliphatic rings. The Kier molecular flexibility index (Phi) is 9.12. The quantitative estimate of drug-likeness (QED) is 0.385. The highest BCUT2D eigenvalue weighted by molar-refractivity contribution is 6.57. The van der Waals surface area contributed by atoms with Crippen LogP contribution in [0.15, 0.2) is 0 Å². The molecule has 0 unspecified atom stereocenters. The number of hydrogen-bond acceptors (Lipinski definition) is 6. The minimum atomic E-state index is -2.81. The molecular weight excluding hydrogens is 465 g/mol. The lowest BCUT2D eigenvalue weighted by molar-refractivity contribution is -0.167. The van der Waals surface area contributed by atoms with Crippen molar-refractivity contribution in [1.29, 1.82) is 0 Å². The number of carbonyl (C=O) groups is 3. The van der Waals surface area contributed by atoms with Gasteiger partial charge < -0.3 is 29.5 Å². The number of carboxylic acid groups (broad SMARTS) is 3. The molecule has 24 heavy (non-hydrogen) atoms. The standard InChI is InChI=1S/C9H8Cl6O9/c10-7(11,4(16)17)22-1-3(24-9(14,15)6(20)21)2-23-8(12,13)5(18)19/h3H,1-2H2,(H,16,17)(H,18,19)(H,20,21). The van der Waals surface area contributed by atoms with Crippen molar-refractivity contribution in [3.8, 4) is 0 Å². The summed E-state index contributed by atoms with van der Waals surface area (Å²) in [6.07, 6.45) is -1.58. The molecule has 15 heteroatoms. The van der Waals surface area contributed by atoms with Crippen LogP contribution in [0.5, 0.6) is 0 Å². The molecule has 0 saturated heterocycles. The second-order valence-corrected chi connectivity index (χ2v) is 7.60. The van der Waals surface area contributed by atoms with Crippen LogP contribution in [0.1, 0.15) is 0 Å². The number of ether oxygens (including phenoxy) is 3. The smallest absolute Gasteiger partial charge is 0.368 e. The Bertz CT molecular complexity index is 464. The topological polar surface area (TPSA) is 140 Å². The van der Waals surface area contributed by atoms with Gasteiger partial charge in [0, 0.05) is 0 Å². The van der Waals surface area contributed by atoms with Crippen LogP contribution in [0.4, 0.5) is 0 Å². The van der Waals surface area contributed by atoms with Gasteiger partial charge in [0.1, 0.15) is 6.10 Å². The van der Waals surface area contributed by atoms with Crippen LogP contribution < -0.4 is 0 Å². The van der Waals surface area contributed by atoms with Crippen molar-refractivity contribution in [3.63, 3.8) is 0 Å². The van der Waals surface area contributed by atoms with Crippen molar-refractivity contribution < 1.29 is 43.9 Å². The van der Waals surface area contributed by atoms with E-state index in [1.54, 1.807) is 0 Å². The molecule has 0 rings (SSSR count). The van der Waals surface area contributed by atoms with Gasteiger partial charge in [-0.25, -0.2) is 14.4 Å². The summed E-state index contributed by atoms with van der Waals surface area (Å²) in [4.78, 5) is 32.2. The third-order valence-corrected chi connectivity index (χ3v) is 3.55. The third-order valence-electron chi connectivity index (χ3n) is 1.96. The van der Waals surface area contributed by atoms with Gasteiger partial charge >= 0.3 is 31.5 Å². The monoisotopic (exact) mass is 470 g/mol. The maximum absolute atomic E-state index is 10.8. The average Bonchev–Trinajstić information content (AvgIpc) is 2.41. The fourth-order valence-electron chi connectivity index (χ4n) is 0.895. The van der Waals surface area contributed by atoms with Crippen LogP contribution in [0, 0.1) is 0 Å². The second kappa shape index (κ2) is 9.11. The normalized spacial score (nSPS) is 13.1. The fraction of sp³-hybridized carbons (Fsp3) is 0.667. The summed E-state index contributed by atoms with van der Waals surface area (Å²) in [6, 6.07) is 0. The lowest BCUT2D eigenvalue weighted by Crippen LogP contribution is -2.42. The summed E-state index contributed by atoms with van der Waals surface area (Å²) in [5.41, 5.74) is 0. The van der Waals surface area contributed by atoms with Crippen molar-refractivity contribution in [2.45, 2.75) is 19.7 Å². The van der Waals surface area contributed by atoms with Gasteiger partial charge in [-0.15, -0.1) is 0 Å². The Morgan fingerprint density at radius 1 is 0.708 bits per heavy atom. The van der Waals surface area contributed by atoms with Crippen molar-refractivity contribution in [3.05, 3.63) is 0 Å². The maximum Gasteiger partial charge on any atom is 0.368 e. The van der Waals surface area contributed by atoms with Gasteiger partial charge in [-0.2, -0.15) is 0 Å². The summed E-state index contributed by atoms with van der Waals surface area (Å²) >= 11 is 32.0. The minimum Gasteiger partial charge on any atom is -0.477 e. The summed E-state index contributed by atoms with van der Waals surface area (Å²) < 4.78 is 5.62. The van der Waals surface area contributed by atoms with Gasteiger partial charge in [-0.1, -0.05) is 69.6 Å². The molecule has 0 atom stereocenters. The van der Waals surface area contributed by atoms with Gasteiger partial charge in [0.25, 0.3) is 0 Å². The van der Waals surface area contributed by atoms with Gasteiger partial charge in [-0.3, -0.25) is 0 Å². The number of aliphatic carboxylic acids is 3. The Morgan fingerprint density at radius 3 is 1.25 bits per heavy atom. The van der Waals surface area contributed by atoms with Crippen molar-refractivity contribution in [2.24, 2.45) is 0 Å². The number of rotatable bonds is 11. The Balaban J connectivity index is 5.06. The van der Waals surface area contributed by atoms with Gasteiger partial charge in [0.2, 0.25) is 0 Å². The number of carboxylic acids is 3. The maximum atomic E-state index is 10.8. The summed E-state index contributed by atoms with van der Waals surface area (Å²) in [6.45, 7) is -1.67. The molecule has 0 bridgehead atoms. The highest BCUT2D eigenvalue weighted by Crippen LogP contribution is 2.29. The SMILES string of the molecule is O=C(O)C(Cl)(Cl)OCC(COC(Cl)(Cl)C(=O)O)OC(Cl)(Cl)C(=O)O. The van der Waals surface area contributed by atoms with E-state index in [4.69, 9.17) is 89.7 Å². The predicted octanol–water partition coefficient (Wildman–Crippen LogP) is 2.05. The van der Waals surface area contributed by atoms with Gasteiger partial charge in [-0.05, 0) is 0 Å². The van der Waals surface area contributed by atoms with Crippen LogP contribution >= 0.6 is 69.6 Å². The lowest BCUT2D eigenvalue weighted by atomic mass is 10.4. The average molecular weight is 473 g/mol. The van der Waals surface area contributed by atoms with Crippen LogP contribution in [-0.2, 0) is 28.6 Å². The molecule has 0 aromatic carbocycles. The van der Waals surface area contributed by atoms with E-state index >= 15 is 0 Å². The van der Waals surface area contributed by atoms with E-state index in [2.05, 4.69) is 9.47 Å². The highest BCUT2D eigenvalue weighted by atomic mass is 35.5. The zero-order valence-corrected chi connectivity index (χ0v) is 15.6. The fourth-order valence-corrected chi connectivity index (χ4v) is 1.40. The van der Waals surface area contributed by atoms with Crippen LogP contribution in [0.3, 0.4) is 0 Å². The molecule has 0 aromatic heterocycles. The molecule has 0 heterocycles. The van der Waals surface area contributed by atoms with E-state index in [0.29, 0.717) is 0 Å². The minimum absolute atomic E-state index is 0.836. The van der Waals surface area contributed by atoms with E-state index in [1.807, 2.05) is 0 Å². The number of alkyl halides is 6. The van der Waals surface area contributed by atoms with Crippen molar-refractivity contribution >= 4 is 87.5 Å². The van der Waals surface area contributed by atoms with E-state index in [9.17, 15) is 14.4 Å². The van der Waals surface area contributed by atoms with Crippen LogP contribution in [-0.4, -0.2) is 66.1 Å². The summed E-state index contributed by atoms with van der Waals surface area (Å²) in [5.74, 6) is -5.42. The number of halogens is 6. The molecule has 9 nitrogen and oxygen atoms in total. The van der Waals surface area contributed by atoms with E-state index in [1.165, 1.54) is 0 Å². The van der Waals surface area contributed by atoms with E-state index < -0.39 is 50.8 Å². The molecular formula is C9H8Cl6O9. The molecule has 0 amide bonds. The largest absolute Gasteiger partial charge is 0.477 e. The molecule has 3 N–H and O–H groups in total. The van der Waals surface area contributed by atoms with E-state index in [-0.39, 0.29) is 0 Å². The Hall–Kier alpha value is 0.0300. The molecule has 0 aliphatic heterocycles. The molecule has 0 radical (unpaired) electrons. The van der Waals surface area contributed by atoms with Gasteiger partial charge in [0.05, 0.1) is 13.2 Å². The van der Waals surface area contributed by atoms with Crippen LogP contribution in [0.25, 0.3) is 0 Å². The summed E-state index contributed by atoms with van der Waals surface area (Å²) in [5, 5.41) is 26.1. The first-order chi connectivity index (χ1) is 10.6. The molecule has 0 aliphatic carbocycles. The Morgan fingerprint density at radius 2 is 1.00 bits per heavy atom. The highest BCUT2D eigenvalue weighted by Gasteiger charge is 2.42. The zero-order chi connectivity index (χ0) is 19.3.